The van der Waals surface area contributed by atoms with E-state index >= 15 is 0 Å². The van der Waals surface area contributed by atoms with Crippen molar-refractivity contribution in [3.8, 4) is 0 Å². The van der Waals surface area contributed by atoms with E-state index in [-0.39, 0.29) is 0 Å². The number of hydrogen-bond donors (Lipinski definition) is 1. The van der Waals surface area contributed by atoms with Gasteiger partial charge in [0.25, 0.3) is 0 Å². The maximum absolute atomic E-state index is 4.01. The van der Waals surface area contributed by atoms with Crippen molar-refractivity contribution in [1.82, 2.24) is 5.32 Å². The van der Waals surface area contributed by atoms with E-state index in [2.05, 4.69) is 33.0 Å². The van der Waals surface area contributed by atoms with Gasteiger partial charge in [0.15, 0.2) is 0 Å². The van der Waals surface area contributed by atoms with Crippen LogP contribution in [-0.2, 0) is 0 Å². The lowest BCUT2D eigenvalue weighted by Gasteiger charge is -2.38. The van der Waals surface area contributed by atoms with Crippen LogP contribution in [-0.4, -0.2) is 12.1 Å². The van der Waals surface area contributed by atoms with Crippen LogP contribution in [0, 0.1) is 23.7 Å². The van der Waals surface area contributed by atoms with Gasteiger partial charge in [0.05, 0.1) is 0 Å². The number of hydrogen-bond acceptors (Lipinski definition) is 1. The zero-order valence-corrected chi connectivity index (χ0v) is 13.6. The molecule has 2 fully saturated rings. The number of rotatable bonds is 1. The van der Waals surface area contributed by atoms with Crippen LogP contribution >= 0.6 is 0 Å². The molecule has 1 N–H and O–H groups in total. The van der Waals surface area contributed by atoms with Crippen LogP contribution in [0.15, 0.2) is 0 Å². The third-order valence-electron chi connectivity index (χ3n) is 5.91. The van der Waals surface area contributed by atoms with Crippen LogP contribution in [0.2, 0.25) is 0 Å². The van der Waals surface area contributed by atoms with Crippen LogP contribution in [0.25, 0.3) is 0 Å². The van der Waals surface area contributed by atoms with Crippen molar-refractivity contribution in [2.45, 2.75) is 91.1 Å². The van der Waals surface area contributed by atoms with Gasteiger partial charge in [-0.25, -0.2) is 0 Å². The molecule has 1 aliphatic heterocycles. The molecule has 0 aromatic carbocycles. The molecule has 2 bridgehead atoms. The minimum atomic E-state index is 0.715. The molecule has 0 aromatic rings. The first kappa shape index (κ1) is 15.4. The normalized spacial score (nSPS) is 45.5. The fraction of sp³-hybridized carbons (Fsp3) is 1.00. The molecule has 6 atom stereocenters. The minimum absolute atomic E-state index is 0.715. The van der Waals surface area contributed by atoms with Gasteiger partial charge in [-0.05, 0) is 56.3 Å². The monoisotopic (exact) mass is 265 g/mol. The highest BCUT2D eigenvalue weighted by Gasteiger charge is 2.32. The molecule has 19 heavy (non-hydrogen) atoms. The van der Waals surface area contributed by atoms with E-state index in [9.17, 15) is 0 Å². The quantitative estimate of drug-likeness (QED) is 0.703. The number of fused-ring (bicyclic) bond motifs is 2. The Morgan fingerprint density at radius 2 is 1.74 bits per heavy atom. The Morgan fingerprint density at radius 3 is 2.47 bits per heavy atom. The first-order chi connectivity index (χ1) is 9.10. The summed E-state index contributed by atoms with van der Waals surface area (Å²) in [5, 5.41) is 4.01. The van der Waals surface area contributed by atoms with Gasteiger partial charge >= 0.3 is 0 Å². The largest absolute Gasteiger partial charge is 0.311 e. The molecule has 1 aliphatic carbocycles. The second-order valence-corrected chi connectivity index (χ2v) is 7.67. The molecule has 2 rings (SSSR count). The van der Waals surface area contributed by atoms with Gasteiger partial charge in [0.1, 0.15) is 0 Å². The molecular formula is C18H35N. The van der Waals surface area contributed by atoms with E-state index in [1.165, 1.54) is 51.4 Å². The Hall–Kier alpha value is -0.0400. The van der Waals surface area contributed by atoms with Gasteiger partial charge in [0, 0.05) is 12.1 Å². The SMILES string of the molecule is CCC1C(C)CCCC2CC(C)CCC(C)NC1C2. The van der Waals surface area contributed by atoms with Gasteiger partial charge in [0.2, 0.25) is 0 Å². The Balaban J connectivity index is 2.14. The van der Waals surface area contributed by atoms with Crippen molar-refractivity contribution >= 4 is 0 Å². The maximum atomic E-state index is 4.01. The van der Waals surface area contributed by atoms with Crippen LogP contribution < -0.4 is 5.32 Å². The molecule has 1 heterocycles. The Labute approximate surface area is 120 Å². The topological polar surface area (TPSA) is 12.0 Å². The predicted molar refractivity (Wildman–Crippen MR) is 84.3 cm³/mol. The molecule has 112 valence electrons. The maximum Gasteiger partial charge on any atom is 0.0103 e. The molecule has 2 aliphatic rings. The minimum Gasteiger partial charge on any atom is -0.311 e. The van der Waals surface area contributed by atoms with Crippen LogP contribution in [0.3, 0.4) is 0 Å². The summed E-state index contributed by atoms with van der Waals surface area (Å²) in [6.07, 6.45) is 11.5. The molecule has 0 radical (unpaired) electrons. The van der Waals surface area contributed by atoms with Crippen molar-refractivity contribution in [2.75, 3.05) is 0 Å². The Kier molecular flexibility index (Phi) is 5.74. The predicted octanol–water partition coefficient (Wildman–Crippen LogP) is 5.01. The standard InChI is InChI=1S/C18H35N/c1-5-17-14(3)7-6-8-16-11-13(2)9-10-15(4)19-18(17)12-16/h13-19H,5-12H2,1-4H3. The zero-order valence-electron chi connectivity index (χ0n) is 13.6. The smallest absolute Gasteiger partial charge is 0.0103 e. The second-order valence-electron chi connectivity index (χ2n) is 7.67. The summed E-state index contributed by atoms with van der Waals surface area (Å²) < 4.78 is 0. The fourth-order valence-electron chi connectivity index (χ4n) is 4.75. The Bertz CT molecular complexity index is 262. The Morgan fingerprint density at radius 1 is 0.947 bits per heavy atom. The summed E-state index contributed by atoms with van der Waals surface area (Å²) in [6, 6.07) is 1.50. The number of nitrogens with one attached hydrogen (secondary N) is 1. The summed E-state index contributed by atoms with van der Waals surface area (Å²) in [7, 11) is 0. The molecule has 1 heteroatoms. The summed E-state index contributed by atoms with van der Waals surface area (Å²) in [5.41, 5.74) is 0. The third-order valence-corrected chi connectivity index (χ3v) is 5.91. The van der Waals surface area contributed by atoms with E-state index in [1.54, 1.807) is 0 Å². The van der Waals surface area contributed by atoms with E-state index in [0.29, 0.717) is 6.04 Å². The summed E-state index contributed by atoms with van der Waals surface area (Å²) in [4.78, 5) is 0. The molecule has 1 saturated carbocycles. The van der Waals surface area contributed by atoms with E-state index in [0.717, 1.165) is 29.7 Å². The highest BCUT2D eigenvalue weighted by Crippen LogP contribution is 2.36. The zero-order chi connectivity index (χ0) is 13.8. The summed E-state index contributed by atoms with van der Waals surface area (Å²) in [6.45, 7) is 9.78. The van der Waals surface area contributed by atoms with Crippen molar-refractivity contribution in [1.29, 1.82) is 0 Å². The average Bonchev–Trinajstić information content (AvgIpc) is 2.41. The lowest BCUT2D eigenvalue weighted by atomic mass is 9.73. The van der Waals surface area contributed by atoms with Gasteiger partial charge in [-0.2, -0.15) is 0 Å². The van der Waals surface area contributed by atoms with E-state index < -0.39 is 0 Å². The summed E-state index contributed by atoms with van der Waals surface area (Å²) in [5.74, 6) is 3.73. The van der Waals surface area contributed by atoms with Crippen LogP contribution in [0.1, 0.15) is 79.1 Å². The third kappa shape index (κ3) is 4.21. The molecular weight excluding hydrogens is 230 g/mol. The fourth-order valence-corrected chi connectivity index (χ4v) is 4.75. The van der Waals surface area contributed by atoms with Crippen molar-refractivity contribution in [3.63, 3.8) is 0 Å². The highest BCUT2D eigenvalue weighted by molar-refractivity contribution is 4.87. The molecule has 0 spiro atoms. The van der Waals surface area contributed by atoms with Crippen LogP contribution in [0.4, 0.5) is 0 Å². The lowest BCUT2D eigenvalue weighted by molar-refractivity contribution is 0.168. The molecule has 6 unspecified atom stereocenters. The first-order valence-electron chi connectivity index (χ1n) is 8.86. The van der Waals surface area contributed by atoms with Gasteiger partial charge in [-0.1, -0.05) is 46.5 Å². The van der Waals surface area contributed by atoms with E-state index in [4.69, 9.17) is 0 Å². The van der Waals surface area contributed by atoms with Crippen molar-refractivity contribution < 1.29 is 0 Å². The van der Waals surface area contributed by atoms with E-state index in [1.807, 2.05) is 0 Å². The molecule has 0 amide bonds. The average molecular weight is 265 g/mol. The molecule has 0 aromatic heterocycles. The lowest BCUT2D eigenvalue weighted by Crippen LogP contribution is -2.45. The highest BCUT2D eigenvalue weighted by atomic mass is 15.0. The van der Waals surface area contributed by atoms with Crippen molar-refractivity contribution in [2.24, 2.45) is 23.7 Å². The summed E-state index contributed by atoms with van der Waals surface area (Å²) >= 11 is 0. The van der Waals surface area contributed by atoms with Crippen LogP contribution in [0.5, 0.6) is 0 Å². The van der Waals surface area contributed by atoms with Gasteiger partial charge in [-0.15, -0.1) is 0 Å². The second kappa shape index (κ2) is 7.11. The molecule has 1 saturated heterocycles. The van der Waals surface area contributed by atoms with Gasteiger partial charge < -0.3 is 5.32 Å². The van der Waals surface area contributed by atoms with Crippen molar-refractivity contribution in [3.05, 3.63) is 0 Å². The first-order valence-corrected chi connectivity index (χ1v) is 8.86. The molecule has 1 nitrogen and oxygen atoms in total. The van der Waals surface area contributed by atoms with Gasteiger partial charge in [-0.3, -0.25) is 0 Å².